The molecule has 0 fully saturated rings. The van der Waals surface area contributed by atoms with Crippen LogP contribution < -0.4 is 9.64 Å². The predicted molar refractivity (Wildman–Crippen MR) is 75.5 cm³/mol. The van der Waals surface area contributed by atoms with Gasteiger partial charge in [0.1, 0.15) is 12.3 Å². The Bertz CT molecular complexity index is 581. The van der Waals surface area contributed by atoms with Crippen molar-refractivity contribution in [2.75, 3.05) is 25.2 Å². The van der Waals surface area contributed by atoms with Crippen molar-refractivity contribution < 1.29 is 23.9 Å². The first-order valence-corrected chi connectivity index (χ1v) is 6.74. The highest BCUT2D eigenvalue weighted by molar-refractivity contribution is 6.04. The molecule has 1 heterocycles. The number of fused-ring (bicyclic) bond motifs is 1. The summed E-state index contributed by atoms with van der Waals surface area (Å²) in [5, 5.41) is 0. The summed E-state index contributed by atoms with van der Waals surface area (Å²) in [6, 6.07) is 4.91. The molecule has 0 N–H and O–H groups in total. The lowest BCUT2D eigenvalue weighted by Gasteiger charge is -2.28. The number of hydrogen-bond acceptors (Lipinski definition) is 5. The molecule has 6 nitrogen and oxygen atoms in total. The molecule has 2 rings (SSSR count). The molecule has 0 aromatic heterocycles. The average Bonchev–Trinajstić information content (AvgIpc) is 2.49. The number of carbonyl (C=O) groups is 3. The van der Waals surface area contributed by atoms with Gasteiger partial charge in [-0.3, -0.25) is 19.3 Å². The summed E-state index contributed by atoms with van der Waals surface area (Å²) in [6.45, 7) is 1.59. The van der Waals surface area contributed by atoms with E-state index in [1.54, 1.807) is 18.2 Å². The van der Waals surface area contributed by atoms with Crippen LogP contribution >= 0.6 is 0 Å². The van der Waals surface area contributed by atoms with Crippen LogP contribution in [0, 0.1) is 0 Å². The highest BCUT2D eigenvalue weighted by Gasteiger charge is 2.28. The zero-order valence-electron chi connectivity index (χ0n) is 12.0. The minimum absolute atomic E-state index is 0.00339. The van der Waals surface area contributed by atoms with Gasteiger partial charge in [0, 0.05) is 12.0 Å². The summed E-state index contributed by atoms with van der Waals surface area (Å²) in [5.41, 5.74) is 0.933. The van der Waals surface area contributed by atoms with E-state index in [2.05, 4.69) is 4.74 Å². The highest BCUT2D eigenvalue weighted by Crippen LogP contribution is 2.33. The van der Waals surface area contributed by atoms with Crippen molar-refractivity contribution in [1.29, 1.82) is 0 Å². The maximum Gasteiger partial charge on any atom is 0.325 e. The van der Waals surface area contributed by atoms with Crippen LogP contribution in [0.15, 0.2) is 18.2 Å². The van der Waals surface area contributed by atoms with Crippen molar-refractivity contribution in [3.8, 4) is 5.75 Å². The monoisotopic (exact) mass is 291 g/mol. The number of benzene rings is 1. The van der Waals surface area contributed by atoms with Crippen molar-refractivity contribution in [3.05, 3.63) is 23.8 Å². The van der Waals surface area contributed by atoms with Crippen LogP contribution in [0.4, 0.5) is 5.69 Å². The Balaban J connectivity index is 2.35. The van der Waals surface area contributed by atoms with Crippen LogP contribution in [0.5, 0.6) is 5.75 Å². The van der Waals surface area contributed by atoms with Crippen molar-refractivity contribution in [2.45, 2.75) is 19.8 Å². The third-order valence-electron chi connectivity index (χ3n) is 3.22. The number of rotatable bonds is 5. The number of anilines is 1. The molecule has 1 aromatic carbocycles. The Morgan fingerprint density at radius 3 is 2.81 bits per heavy atom. The van der Waals surface area contributed by atoms with Crippen LogP contribution in [0.1, 0.15) is 30.1 Å². The number of esters is 1. The van der Waals surface area contributed by atoms with Gasteiger partial charge in [-0.15, -0.1) is 0 Å². The molecule has 112 valence electrons. The lowest BCUT2D eigenvalue weighted by molar-refractivity contribution is -0.140. The quantitative estimate of drug-likeness (QED) is 0.608. The molecule has 0 spiro atoms. The average molecular weight is 291 g/mol. The lowest BCUT2D eigenvalue weighted by atomic mass is 10.0. The molecule has 0 saturated carbocycles. The molecule has 1 aliphatic rings. The van der Waals surface area contributed by atoms with E-state index in [9.17, 15) is 14.4 Å². The molecule has 6 heteroatoms. The van der Waals surface area contributed by atoms with Crippen LogP contribution in [0.3, 0.4) is 0 Å². The van der Waals surface area contributed by atoms with Gasteiger partial charge in [0.2, 0.25) is 0 Å². The summed E-state index contributed by atoms with van der Waals surface area (Å²) in [4.78, 5) is 36.6. The second-order valence-corrected chi connectivity index (χ2v) is 4.70. The van der Waals surface area contributed by atoms with Crippen molar-refractivity contribution >= 4 is 23.3 Å². The van der Waals surface area contributed by atoms with Crippen LogP contribution in [0.25, 0.3) is 0 Å². The number of ether oxygens (including phenoxy) is 2. The molecular formula is C15H17NO5. The first kappa shape index (κ1) is 15.0. The number of Topliss-reactive ketones (excluding diaryl/α,β-unsaturated/α-hetero) is 1. The first-order chi connectivity index (χ1) is 10.1. The second kappa shape index (κ2) is 6.39. The molecule has 0 aliphatic carbocycles. The zero-order valence-corrected chi connectivity index (χ0v) is 12.0. The standard InChI is InChI=1S/C15H17NO5/c1-3-4-12(17)10-5-6-13-11(7-10)16(8-15(19)20-2)14(18)9-21-13/h5-7H,3-4,8-9H2,1-2H3. The predicted octanol–water partition coefficient (Wildman–Crippen LogP) is 1.57. The van der Waals surface area contributed by atoms with Gasteiger partial charge in [0.15, 0.2) is 12.4 Å². The SMILES string of the molecule is CCCC(=O)c1ccc2c(c1)N(CC(=O)OC)C(=O)CO2. The lowest BCUT2D eigenvalue weighted by Crippen LogP contribution is -2.42. The van der Waals surface area contributed by atoms with E-state index in [0.717, 1.165) is 6.42 Å². The number of amides is 1. The molecule has 0 bridgehead atoms. The van der Waals surface area contributed by atoms with Crippen molar-refractivity contribution in [3.63, 3.8) is 0 Å². The zero-order chi connectivity index (χ0) is 15.4. The van der Waals surface area contributed by atoms with Gasteiger partial charge in [-0.2, -0.15) is 0 Å². The normalized spacial score (nSPS) is 13.4. The summed E-state index contributed by atoms with van der Waals surface area (Å²) < 4.78 is 9.91. The fraction of sp³-hybridized carbons (Fsp3) is 0.400. The van der Waals surface area contributed by atoms with Gasteiger partial charge in [-0.25, -0.2) is 0 Å². The van der Waals surface area contributed by atoms with E-state index in [-0.39, 0.29) is 24.8 Å². The first-order valence-electron chi connectivity index (χ1n) is 6.74. The maximum absolute atomic E-state index is 12.0. The molecule has 1 amide bonds. The van der Waals surface area contributed by atoms with Crippen molar-refractivity contribution in [1.82, 2.24) is 0 Å². The number of methoxy groups -OCH3 is 1. The number of ketones is 1. The third-order valence-corrected chi connectivity index (χ3v) is 3.22. The van der Waals surface area contributed by atoms with E-state index in [1.165, 1.54) is 12.0 Å². The summed E-state index contributed by atoms with van der Waals surface area (Å²) in [5.74, 6) is -0.391. The molecule has 1 aliphatic heterocycles. The fourth-order valence-corrected chi connectivity index (χ4v) is 2.11. The van der Waals surface area contributed by atoms with Crippen LogP contribution in [0.2, 0.25) is 0 Å². The molecule has 1 aromatic rings. The van der Waals surface area contributed by atoms with E-state index in [1.807, 2.05) is 6.92 Å². The highest BCUT2D eigenvalue weighted by atomic mass is 16.5. The third kappa shape index (κ3) is 3.21. The Labute approximate surface area is 122 Å². The topological polar surface area (TPSA) is 72.9 Å². The van der Waals surface area contributed by atoms with Crippen LogP contribution in [-0.2, 0) is 14.3 Å². The number of nitrogens with zero attached hydrogens (tertiary/aromatic N) is 1. The molecule has 0 radical (unpaired) electrons. The van der Waals surface area contributed by atoms with Crippen molar-refractivity contribution in [2.24, 2.45) is 0 Å². The van der Waals surface area contributed by atoms with E-state index in [4.69, 9.17) is 4.74 Å². The largest absolute Gasteiger partial charge is 0.482 e. The van der Waals surface area contributed by atoms with Crippen LogP contribution in [-0.4, -0.2) is 37.9 Å². The second-order valence-electron chi connectivity index (χ2n) is 4.70. The van der Waals surface area contributed by atoms with Gasteiger partial charge in [-0.05, 0) is 24.6 Å². The van der Waals surface area contributed by atoms with Gasteiger partial charge in [0.25, 0.3) is 5.91 Å². The van der Waals surface area contributed by atoms with E-state index < -0.39 is 5.97 Å². The van der Waals surface area contributed by atoms with Gasteiger partial charge in [0.05, 0.1) is 12.8 Å². The minimum Gasteiger partial charge on any atom is -0.482 e. The Morgan fingerprint density at radius 2 is 2.14 bits per heavy atom. The number of carbonyl (C=O) groups excluding carboxylic acids is 3. The summed E-state index contributed by atoms with van der Waals surface area (Å²) in [6.07, 6.45) is 1.18. The van der Waals surface area contributed by atoms with E-state index >= 15 is 0 Å². The summed E-state index contributed by atoms with van der Waals surface area (Å²) in [7, 11) is 1.26. The molecule has 0 atom stereocenters. The van der Waals surface area contributed by atoms with Gasteiger partial charge in [-0.1, -0.05) is 6.92 Å². The molecule has 21 heavy (non-hydrogen) atoms. The molecule has 0 saturated heterocycles. The maximum atomic E-state index is 12.0. The Hall–Kier alpha value is -2.37. The smallest absolute Gasteiger partial charge is 0.325 e. The molecule has 0 unspecified atom stereocenters. The Kier molecular flexibility index (Phi) is 4.57. The van der Waals surface area contributed by atoms with Gasteiger partial charge >= 0.3 is 5.97 Å². The number of hydrogen-bond donors (Lipinski definition) is 0. The Morgan fingerprint density at radius 1 is 1.38 bits per heavy atom. The minimum atomic E-state index is -0.526. The summed E-state index contributed by atoms with van der Waals surface area (Å²) >= 11 is 0. The van der Waals surface area contributed by atoms with E-state index in [0.29, 0.717) is 23.4 Å². The van der Waals surface area contributed by atoms with Gasteiger partial charge < -0.3 is 9.47 Å². The molecular weight excluding hydrogens is 274 g/mol. The fourth-order valence-electron chi connectivity index (χ4n) is 2.11.